The number of nitrogens with one attached hydrogen (secondary N) is 1. The third kappa shape index (κ3) is 9.24. The van der Waals surface area contributed by atoms with Crippen molar-refractivity contribution in [3.63, 3.8) is 0 Å². The number of nitrogens with zero attached hydrogens (tertiary/aromatic N) is 2. The molecule has 0 aliphatic carbocycles. The van der Waals surface area contributed by atoms with Gasteiger partial charge in [0.15, 0.2) is 0 Å². The monoisotopic (exact) mass is 597 g/mol. The Hall–Kier alpha value is -3.01. The van der Waals surface area contributed by atoms with Gasteiger partial charge in [0.05, 0.1) is 32.1 Å². The lowest BCUT2D eigenvalue weighted by atomic mass is 9.82. The van der Waals surface area contributed by atoms with Crippen molar-refractivity contribution >= 4 is 11.8 Å². The number of benzene rings is 2. The number of piperidine rings is 1. The van der Waals surface area contributed by atoms with E-state index in [0.29, 0.717) is 19.3 Å². The van der Waals surface area contributed by atoms with Gasteiger partial charge in [0.2, 0.25) is 0 Å². The third-order valence-corrected chi connectivity index (χ3v) is 8.52. The van der Waals surface area contributed by atoms with Crippen LogP contribution in [0.2, 0.25) is 0 Å². The largest absolute Gasteiger partial charge is 0.497 e. The van der Waals surface area contributed by atoms with Crippen molar-refractivity contribution in [2.24, 2.45) is 5.92 Å². The maximum Gasteiger partial charge on any atom is 0.409 e. The number of fused-ring (bicyclic) bond motifs is 1. The molecule has 0 spiro atoms. The van der Waals surface area contributed by atoms with Crippen molar-refractivity contribution in [2.75, 3.05) is 66.1 Å². The van der Waals surface area contributed by atoms with E-state index in [1.54, 1.807) is 28.3 Å². The van der Waals surface area contributed by atoms with E-state index in [1.807, 2.05) is 12.1 Å². The summed E-state index contributed by atoms with van der Waals surface area (Å²) in [7, 11) is 6.88. The van der Waals surface area contributed by atoms with Gasteiger partial charge in [-0.3, -0.25) is 0 Å². The molecule has 1 N–H and O–H groups in total. The summed E-state index contributed by atoms with van der Waals surface area (Å²) in [5.74, 6) is 2.26. The molecule has 2 aliphatic heterocycles. The summed E-state index contributed by atoms with van der Waals surface area (Å²) in [4.78, 5) is 16.1. The number of rotatable bonds is 14. The quantitative estimate of drug-likeness (QED) is 0.288. The molecule has 0 radical (unpaired) electrons. The molecule has 0 saturated carbocycles. The predicted molar refractivity (Wildman–Crippen MR) is 169 cm³/mol. The lowest BCUT2D eigenvalue weighted by molar-refractivity contribution is -0.000407. The van der Waals surface area contributed by atoms with Gasteiger partial charge in [-0.2, -0.15) is 0 Å². The molecule has 1 amide bonds. The molecule has 2 aliphatic rings. The molecule has 2 aromatic rings. The van der Waals surface area contributed by atoms with E-state index in [1.165, 1.54) is 10.5 Å². The molecule has 9 nitrogen and oxygen atoms in total. The topological polar surface area (TPSA) is 81.7 Å². The summed E-state index contributed by atoms with van der Waals surface area (Å²) in [6.45, 7) is 8.76. The average molecular weight is 598 g/mol. The predicted octanol–water partition coefficient (Wildman–Crippen LogP) is 5.46. The van der Waals surface area contributed by atoms with E-state index in [-0.39, 0.29) is 30.1 Å². The molecular formula is C34H51N3O6. The van der Waals surface area contributed by atoms with Crippen molar-refractivity contribution in [3.8, 4) is 11.5 Å². The number of methoxy groups -OCH3 is 2. The van der Waals surface area contributed by atoms with Crippen LogP contribution in [0.4, 0.5) is 10.5 Å². The van der Waals surface area contributed by atoms with Crippen LogP contribution in [0.25, 0.3) is 0 Å². The van der Waals surface area contributed by atoms with E-state index < -0.39 is 0 Å². The second-order valence-electron chi connectivity index (χ2n) is 12.2. The zero-order valence-corrected chi connectivity index (χ0v) is 26.8. The van der Waals surface area contributed by atoms with Crippen LogP contribution in [0.15, 0.2) is 42.5 Å². The number of hydrogen-bond donors (Lipinski definition) is 1. The molecule has 4 atom stereocenters. The minimum absolute atomic E-state index is 0.0159. The maximum absolute atomic E-state index is 12.2. The molecule has 1 saturated heterocycles. The summed E-state index contributed by atoms with van der Waals surface area (Å²) < 4.78 is 29.1. The molecule has 9 heteroatoms. The summed E-state index contributed by atoms with van der Waals surface area (Å²) in [5.41, 5.74) is 3.52. The highest BCUT2D eigenvalue weighted by Crippen LogP contribution is 2.35. The van der Waals surface area contributed by atoms with Gasteiger partial charge in [0.25, 0.3) is 0 Å². The Morgan fingerprint density at radius 1 is 1.14 bits per heavy atom. The zero-order chi connectivity index (χ0) is 30.8. The normalized spacial score (nSPS) is 20.7. The van der Waals surface area contributed by atoms with Gasteiger partial charge in [-0.1, -0.05) is 32.0 Å². The third-order valence-electron chi connectivity index (χ3n) is 8.52. The first-order chi connectivity index (χ1) is 20.8. The Bertz CT molecular complexity index is 1140. The number of carbonyl (C=O) groups is 1. The van der Waals surface area contributed by atoms with Gasteiger partial charge in [-0.25, -0.2) is 4.79 Å². The average Bonchev–Trinajstić information content (AvgIpc) is 3.02. The molecule has 238 valence electrons. The molecule has 0 aromatic heterocycles. The Morgan fingerprint density at radius 3 is 2.63 bits per heavy atom. The van der Waals surface area contributed by atoms with Crippen molar-refractivity contribution in [1.29, 1.82) is 0 Å². The van der Waals surface area contributed by atoms with E-state index in [2.05, 4.69) is 54.4 Å². The van der Waals surface area contributed by atoms with Gasteiger partial charge >= 0.3 is 6.09 Å². The lowest BCUT2D eigenvalue weighted by Gasteiger charge is -2.38. The Labute approximate surface area is 257 Å². The molecule has 2 aromatic carbocycles. The van der Waals surface area contributed by atoms with Gasteiger partial charge in [0.1, 0.15) is 24.2 Å². The molecule has 1 unspecified atom stereocenters. The van der Waals surface area contributed by atoms with Crippen molar-refractivity contribution in [1.82, 2.24) is 10.2 Å². The Balaban J connectivity index is 1.43. The number of amides is 1. The van der Waals surface area contributed by atoms with Gasteiger partial charge in [0, 0.05) is 52.9 Å². The first-order valence-corrected chi connectivity index (χ1v) is 15.7. The fraction of sp³-hybridized carbons (Fsp3) is 0.618. The van der Waals surface area contributed by atoms with Crippen LogP contribution >= 0.6 is 0 Å². The number of anilines is 1. The lowest BCUT2D eigenvalue weighted by Crippen LogP contribution is -2.47. The van der Waals surface area contributed by atoms with Crippen LogP contribution in [0.5, 0.6) is 11.5 Å². The second-order valence-corrected chi connectivity index (χ2v) is 12.2. The highest BCUT2D eigenvalue weighted by atomic mass is 16.6. The van der Waals surface area contributed by atoms with E-state index in [9.17, 15) is 4.79 Å². The smallest absolute Gasteiger partial charge is 0.409 e. The highest BCUT2D eigenvalue weighted by molar-refractivity contribution is 5.67. The van der Waals surface area contributed by atoms with Gasteiger partial charge in [-0.05, 0) is 67.0 Å². The highest BCUT2D eigenvalue weighted by Gasteiger charge is 2.33. The number of carbonyl (C=O) groups excluding carboxylic acids is 1. The van der Waals surface area contributed by atoms with E-state index >= 15 is 0 Å². The Kier molecular flexibility index (Phi) is 12.4. The van der Waals surface area contributed by atoms with E-state index in [4.69, 9.17) is 23.7 Å². The van der Waals surface area contributed by atoms with Gasteiger partial charge in [-0.15, -0.1) is 0 Å². The van der Waals surface area contributed by atoms with Crippen LogP contribution in [0.3, 0.4) is 0 Å². The number of hydrogen-bond acceptors (Lipinski definition) is 8. The van der Waals surface area contributed by atoms with Crippen LogP contribution in [0.1, 0.15) is 56.6 Å². The molecule has 1 fully saturated rings. The molecule has 4 rings (SSSR count). The van der Waals surface area contributed by atoms with Crippen molar-refractivity contribution in [3.05, 3.63) is 53.6 Å². The van der Waals surface area contributed by atoms with Crippen molar-refractivity contribution < 1.29 is 28.5 Å². The molecule has 0 bridgehead atoms. The fourth-order valence-corrected chi connectivity index (χ4v) is 5.94. The summed E-state index contributed by atoms with van der Waals surface area (Å²) in [5, 5.41) is 3.74. The van der Waals surface area contributed by atoms with Crippen molar-refractivity contribution in [2.45, 2.75) is 70.3 Å². The SMILES string of the molecule is COCCCN1CCOc2ccc(CO[C@H]3CN[C@@H](CC[C@H](OC(=O)N(C)C)C(C)C)CC3c3ccc(OC)cc3)cc21. The minimum atomic E-state index is -0.285. The second kappa shape index (κ2) is 16.2. The van der Waals surface area contributed by atoms with Crippen LogP contribution in [-0.4, -0.2) is 90.4 Å². The fourth-order valence-electron chi connectivity index (χ4n) is 5.94. The summed E-state index contributed by atoms with van der Waals surface area (Å²) >= 11 is 0. The van der Waals surface area contributed by atoms with Gasteiger partial charge < -0.3 is 38.8 Å². The zero-order valence-electron chi connectivity index (χ0n) is 26.8. The molecule has 43 heavy (non-hydrogen) atoms. The minimum Gasteiger partial charge on any atom is -0.497 e. The first kappa shape index (κ1) is 32.9. The maximum atomic E-state index is 12.2. The van der Waals surface area contributed by atoms with Crippen LogP contribution in [-0.2, 0) is 20.8 Å². The number of ether oxygens (including phenoxy) is 5. The molecular weight excluding hydrogens is 546 g/mol. The van der Waals surface area contributed by atoms with Crippen LogP contribution in [0, 0.1) is 5.92 Å². The summed E-state index contributed by atoms with van der Waals surface area (Å²) in [6.07, 6.45) is 3.27. The van der Waals surface area contributed by atoms with E-state index in [0.717, 1.165) is 74.7 Å². The van der Waals surface area contributed by atoms with Crippen LogP contribution < -0.4 is 19.7 Å². The molecule has 2 heterocycles. The standard InChI is InChI=1S/C34H51N3O6/c1-24(2)31(43-34(38)36(3)4)15-11-27-21-29(26-9-12-28(40-6)13-10-26)33(22-35-27)42-23-25-8-14-32-30(20-25)37(17-19-41-32)16-7-18-39-5/h8-10,12-14,20,24,27,29,31,33,35H,7,11,15-19,21-23H2,1-6H3/t27-,29?,31-,33-/m0/s1. The Morgan fingerprint density at radius 2 is 1.93 bits per heavy atom. The summed E-state index contributed by atoms with van der Waals surface area (Å²) in [6, 6.07) is 15.1. The first-order valence-electron chi connectivity index (χ1n) is 15.7.